The number of rotatable bonds is 4. The van der Waals surface area contributed by atoms with Gasteiger partial charge in [-0.25, -0.2) is 4.39 Å². The number of aromatic nitrogens is 2. The van der Waals surface area contributed by atoms with E-state index >= 15 is 0 Å². The van der Waals surface area contributed by atoms with Crippen molar-refractivity contribution in [3.05, 3.63) is 52.3 Å². The van der Waals surface area contributed by atoms with Crippen LogP contribution in [0.15, 0.2) is 30.3 Å². The highest BCUT2D eigenvalue weighted by Gasteiger charge is 2.54. The molecular weight excluding hydrogens is 532 g/mol. The first kappa shape index (κ1) is 25.8. The first-order valence-corrected chi connectivity index (χ1v) is 12.0. The molecule has 38 heavy (non-hydrogen) atoms. The Morgan fingerprint density at radius 1 is 1.18 bits per heavy atom. The molecule has 0 aliphatic carbocycles. The number of benzene rings is 2. The van der Waals surface area contributed by atoms with Gasteiger partial charge < -0.3 is 20.9 Å². The number of amides is 3. The van der Waals surface area contributed by atoms with E-state index in [0.717, 1.165) is 11.0 Å². The number of nitrogens with two attached hydrogens (primary N) is 1. The second-order valence-corrected chi connectivity index (χ2v) is 9.66. The fraction of sp³-hybridized carbons (Fsp3) is 0.333. The molecule has 0 bridgehead atoms. The number of aromatic amines is 1. The summed E-state index contributed by atoms with van der Waals surface area (Å²) in [6.07, 6.45) is -4.47. The molecule has 2 aliphatic heterocycles. The van der Waals surface area contributed by atoms with Crippen molar-refractivity contribution in [1.29, 1.82) is 0 Å². The number of carbonyl (C=O) groups excluding carboxylic acids is 3. The molecule has 1 fully saturated rings. The van der Waals surface area contributed by atoms with Crippen LogP contribution < -0.4 is 16.0 Å². The molecule has 3 heterocycles. The summed E-state index contributed by atoms with van der Waals surface area (Å²) in [7, 11) is 0. The van der Waals surface area contributed by atoms with Crippen molar-refractivity contribution < 1.29 is 31.9 Å². The SMILES string of the molecule is Nc1n[nH]c2cc(C(=O)N3CCC4(CC3)C(=O)N(CC(=O)NCC(F)(F)F)c3ccc(F)c(Cl)c34)ccc12. The predicted molar refractivity (Wildman–Crippen MR) is 130 cm³/mol. The van der Waals surface area contributed by atoms with E-state index in [-0.39, 0.29) is 48.1 Å². The fourth-order valence-corrected chi connectivity index (χ4v) is 5.50. The van der Waals surface area contributed by atoms with Crippen LogP contribution in [0.25, 0.3) is 10.9 Å². The number of fused-ring (bicyclic) bond motifs is 3. The van der Waals surface area contributed by atoms with Gasteiger partial charge >= 0.3 is 6.18 Å². The van der Waals surface area contributed by atoms with Crippen LogP contribution in [-0.2, 0) is 15.0 Å². The van der Waals surface area contributed by atoms with Crippen LogP contribution in [0.1, 0.15) is 28.8 Å². The van der Waals surface area contributed by atoms with E-state index in [0.29, 0.717) is 22.3 Å². The number of likely N-dealkylation sites (tertiary alicyclic amines) is 1. The van der Waals surface area contributed by atoms with Gasteiger partial charge in [-0.1, -0.05) is 11.6 Å². The van der Waals surface area contributed by atoms with Crippen molar-refractivity contribution in [2.24, 2.45) is 0 Å². The third-order valence-corrected chi connectivity index (χ3v) is 7.40. The minimum atomic E-state index is -4.62. The number of nitrogen functional groups attached to an aromatic ring is 1. The molecule has 3 aromatic rings. The van der Waals surface area contributed by atoms with E-state index < -0.39 is 42.3 Å². The molecule has 5 rings (SSSR count). The zero-order valence-corrected chi connectivity index (χ0v) is 20.4. The second-order valence-electron chi connectivity index (χ2n) is 9.28. The van der Waals surface area contributed by atoms with Gasteiger partial charge in [0.1, 0.15) is 18.9 Å². The van der Waals surface area contributed by atoms with E-state index in [1.807, 2.05) is 0 Å². The Bertz CT molecular complexity index is 1470. The molecule has 4 N–H and O–H groups in total. The van der Waals surface area contributed by atoms with Crippen molar-refractivity contribution >= 4 is 51.7 Å². The van der Waals surface area contributed by atoms with E-state index in [4.69, 9.17) is 17.3 Å². The Kier molecular flexibility index (Phi) is 6.21. The number of H-pyrrole nitrogens is 1. The number of alkyl halides is 3. The lowest BCUT2D eigenvalue weighted by atomic mass is 9.73. The van der Waals surface area contributed by atoms with Crippen molar-refractivity contribution in [3.8, 4) is 0 Å². The summed E-state index contributed by atoms with van der Waals surface area (Å²) >= 11 is 6.30. The minimum absolute atomic E-state index is 0.0771. The number of hydrogen-bond acceptors (Lipinski definition) is 5. The van der Waals surface area contributed by atoms with Crippen molar-refractivity contribution in [1.82, 2.24) is 20.4 Å². The van der Waals surface area contributed by atoms with Gasteiger partial charge in [-0.2, -0.15) is 18.3 Å². The van der Waals surface area contributed by atoms with Crippen LogP contribution in [0.4, 0.5) is 29.1 Å². The summed E-state index contributed by atoms with van der Waals surface area (Å²) in [6.45, 7) is -2.01. The molecule has 200 valence electrons. The number of piperidine rings is 1. The molecule has 0 atom stereocenters. The third kappa shape index (κ3) is 4.30. The molecule has 0 saturated carbocycles. The molecular formula is C24H21ClF4N6O3. The second kappa shape index (κ2) is 9.15. The van der Waals surface area contributed by atoms with Gasteiger partial charge in [0.05, 0.1) is 21.6 Å². The predicted octanol–water partition coefficient (Wildman–Crippen LogP) is 3.14. The smallest absolute Gasteiger partial charge is 0.382 e. The van der Waals surface area contributed by atoms with Gasteiger partial charge in [0.2, 0.25) is 11.8 Å². The standard InChI is InChI=1S/C24H21ClF4N6O3/c25-19-14(26)3-4-16-18(19)23(22(38)35(16)10-17(36)31-11-24(27,28)29)5-7-34(8-6-23)21(37)12-1-2-13-15(9-12)32-33-20(13)30/h1-4,9H,5-8,10-11H2,(H,31,36)(H3,30,32,33). The number of hydrogen-bond donors (Lipinski definition) is 3. The van der Waals surface area contributed by atoms with Crippen molar-refractivity contribution in [2.45, 2.75) is 24.4 Å². The van der Waals surface area contributed by atoms with Crippen molar-refractivity contribution in [2.75, 3.05) is 36.8 Å². The average molecular weight is 553 g/mol. The van der Waals surface area contributed by atoms with Gasteiger partial charge in [-0.15, -0.1) is 0 Å². The molecule has 2 aliphatic rings. The molecule has 0 radical (unpaired) electrons. The maximum Gasteiger partial charge on any atom is 0.405 e. The molecule has 2 aromatic carbocycles. The first-order valence-electron chi connectivity index (χ1n) is 11.6. The highest BCUT2D eigenvalue weighted by Crippen LogP contribution is 2.51. The first-order chi connectivity index (χ1) is 17.9. The topological polar surface area (TPSA) is 124 Å². The lowest BCUT2D eigenvalue weighted by Gasteiger charge is -2.38. The number of anilines is 2. The van der Waals surface area contributed by atoms with E-state index in [1.165, 1.54) is 6.07 Å². The van der Waals surface area contributed by atoms with Crippen LogP contribution in [-0.4, -0.2) is 65.2 Å². The monoisotopic (exact) mass is 552 g/mol. The quantitative estimate of drug-likeness (QED) is 0.429. The van der Waals surface area contributed by atoms with Gasteiger partial charge in [-0.05, 0) is 43.2 Å². The van der Waals surface area contributed by atoms with Crippen LogP contribution >= 0.6 is 11.6 Å². The summed E-state index contributed by atoms with van der Waals surface area (Å²) in [6, 6.07) is 7.22. The zero-order chi connectivity index (χ0) is 27.4. The van der Waals surface area contributed by atoms with Gasteiger partial charge in [0.15, 0.2) is 5.82 Å². The molecule has 0 unspecified atom stereocenters. The average Bonchev–Trinajstić information content (AvgIpc) is 3.35. The molecule has 14 heteroatoms. The Labute approximate surface area is 217 Å². The molecule has 1 aromatic heterocycles. The lowest BCUT2D eigenvalue weighted by molar-refractivity contribution is -0.138. The highest BCUT2D eigenvalue weighted by atomic mass is 35.5. The Hall–Kier alpha value is -3.87. The van der Waals surface area contributed by atoms with Crippen molar-refractivity contribution in [3.63, 3.8) is 0 Å². The number of nitrogens with one attached hydrogen (secondary N) is 2. The minimum Gasteiger partial charge on any atom is -0.382 e. The maximum absolute atomic E-state index is 14.5. The van der Waals surface area contributed by atoms with Gasteiger partial charge in [0.25, 0.3) is 5.91 Å². The zero-order valence-electron chi connectivity index (χ0n) is 19.7. The van der Waals surface area contributed by atoms with Crippen LogP contribution in [0.5, 0.6) is 0 Å². The summed E-state index contributed by atoms with van der Waals surface area (Å²) in [5.74, 6) is -2.37. The van der Waals surface area contributed by atoms with Crippen LogP contribution in [0.3, 0.4) is 0 Å². The summed E-state index contributed by atoms with van der Waals surface area (Å²) in [5, 5.41) is 8.78. The van der Waals surface area contributed by atoms with Gasteiger partial charge in [-0.3, -0.25) is 19.5 Å². The molecule has 3 amide bonds. The van der Waals surface area contributed by atoms with E-state index in [2.05, 4.69) is 10.2 Å². The molecule has 9 nitrogen and oxygen atoms in total. The summed E-state index contributed by atoms with van der Waals surface area (Å²) < 4.78 is 52.1. The number of nitrogens with zero attached hydrogens (tertiary/aromatic N) is 3. The van der Waals surface area contributed by atoms with Crippen LogP contribution in [0.2, 0.25) is 5.02 Å². The Balaban J connectivity index is 1.38. The fourth-order valence-electron chi connectivity index (χ4n) is 5.16. The summed E-state index contributed by atoms with van der Waals surface area (Å²) in [5.41, 5.74) is 5.74. The van der Waals surface area contributed by atoms with E-state index in [9.17, 15) is 31.9 Å². The number of halogens is 5. The van der Waals surface area contributed by atoms with Gasteiger partial charge in [0, 0.05) is 29.6 Å². The Morgan fingerprint density at radius 2 is 1.89 bits per heavy atom. The largest absolute Gasteiger partial charge is 0.405 e. The van der Waals surface area contributed by atoms with Crippen LogP contribution in [0, 0.1) is 5.82 Å². The normalized spacial score (nSPS) is 16.8. The number of carbonyl (C=O) groups is 3. The lowest BCUT2D eigenvalue weighted by Crippen LogP contribution is -2.51. The van der Waals surface area contributed by atoms with E-state index in [1.54, 1.807) is 28.4 Å². The summed E-state index contributed by atoms with van der Waals surface area (Å²) in [4.78, 5) is 41.7. The third-order valence-electron chi connectivity index (χ3n) is 7.03. The highest BCUT2D eigenvalue weighted by molar-refractivity contribution is 6.33. The Morgan fingerprint density at radius 3 is 2.58 bits per heavy atom. The molecule has 1 saturated heterocycles. The maximum atomic E-state index is 14.5. The molecule has 1 spiro atoms.